The van der Waals surface area contributed by atoms with Crippen LogP contribution in [-0.4, -0.2) is 22.5 Å². The minimum Gasteiger partial charge on any atom is -0.490 e. The summed E-state index contributed by atoms with van der Waals surface area (Å²) >= 11 is 0. The van der Waals surface area contributed by atoms with Gasteiger partial charge < -0.3 is 14.6 Å². The molecular weight excluding hydrogens is 374 g/mol. The Bertz CT molecular complexity index is 1120. The third-order valence-corrected chi connectivity index (χ3v) is 4.35. The van der Waals surface area contributed by atoms with Gasteiger partial charge in [0.05, 0.1) is 24.1 Å². The Kier molecular flexibility index (Phi) is 5.73. The van der Waals surface area contributed by atoms with Crippen LogP contribution in [0, 0.1) is 17.0 Å². The largest absolute Gasteiger partial charge is 0.490 e. The first-order chi connectivity index (χ1) is 13.9. The lowest BCUT2D eigenvalue weighted by Gasteiger charge is -2.10. The van der Waals surface area contributed by atoms with Crippen molar-refractivity contribution in [1.29, 1.82) is 0 Å². The topological polar surface area (TPSA) is 103 Å². The quantitative estimate of drug-likeness (QED) is 0.511. The Morgan fingerprint density at radius 3 is 2.52 bits per heavy atom. The number of hydrogen-bond donors (Lipinski definition) is 1. The van der Waals surface area contributed by atoms with Crippen LogP contribution in [0.25, 0.3) is 0 Å². The van der Waals surface area contributed by atoms with E-state index >= 15 is 0 Å². The van der Waals surface area contributed by atoms with Crippen molar-refractivity contribution in [2.45, 2.75) is 13.5 Å². The van der Waals surface area contributed by atoms with E-state index < -0.39 is 10.8 Å². The average molecular weight is 393 g/mol. The van der Waals surface area contributed by atoms with Gasteiger partial charge in [0.25, 0.3) is 11.5 Å². The summed E-state index contributed by atoms with van der Waals surface area (Å²) in [4.78, 5) is 35.3. The molecular formula is C21H19N3O5. The van der Waals surface area contributed by atoms with Crippen LogP contribution in [0.4, 0.5) is 11.4 Å². The van der Waals surface area contributed by atoms with Crippen LogP contribution in [0.5, 0.6) is 5.75 Å². The Labute approximate surface area is 166 Å². The normalized spacial score (nSPS) is 10.4. The highest BCUT2D eigenvalue weighted by Gasteiger charge is 2.17. The van der Waals surface area contributed by atoms with E-state index in [1.165, 1.54) is 48.2 Å². The van der Waals surface area contributed by atoms with Gasteiger partial charge in [-0.2, -0.15) is 0 Å². The highest BCUT2D eigenvalue weighted by molar-refractivity contribution is 6.04. The van der Waals surface area contributed by atoms with Crippen LogP contribution < -0.4 is 15.6 Å². The zero-order valence-electron chi connectivity index (χ0n) is 15.9. The van der Waals surface area contributed by atoms with E-state index in [1.807, 2.05) is 31.2 Å². The molecule has 3 rings (SSSR count). The number of nitrogens with one attached hydrogen (secondary N) is 1. The van der Waals surface area contributed by atoms with Crippen molar-refractivity contribution in [2.75, 3.05) is 12.4 Å². The van der Waals surface area contributed by atoms with Crippen LogP contribution in [0.2, 0.25) is 0 Å². The number of nitro benzene ring substituents is 1. The summed E-state index contributed by atoms with van der Waals surface area (Å²) < 4.78 is 6.39. The van der Waals surface area contributed by atoms with Crippen molar-refractivity contribution in [2.24, 2.45) is 0 Å². The summed E-state index contributed by atoms with van der Waals surface area (Å²) in [5.41, 5.74) is 2.06. The number of carbonyl (C=O) groups excluding carboxylic acids is 1. The van der Waals surface area contributed by atoms with Gasteiger partial charge in [0, 0.05) is 24.0 Å². The van der Waals surface area contributed by atoms with Gasteiger partial charge in [0.2, 0.25) is 0 Å². The molecule has 2 aromatic carbocycles. The number of carbonyl (C=O) groups is 1. The number of pyridine rings is 1. The SMILES string of the molecule is COc1ccc(NC(=O)c2ccc(=O)n(Cc3ccc(C)cc3)c2)cc1[N+](=O)[O-]. The molecule has 1 amide bonds. The second kappa shape index (κ2) is 8.39. The van der Waals surface area contributed by atoms with E-state index in [0.29, 0.717) is 6.54 Å². The summed E-state index contributed by atoms with van der Waals surface area (Å²) in [7, 11) is 1.33. The van der Waals surface area contributed by atoms with Gasteiger partial charge in [-0.3, -0.25) is 19.7 Å². The highest BCUT2D eigenvalue weighted by Crippen LogP contribution is 2.29. The lowest BCUT2D eigenvalue weighted by Crippen LogP contribution is -2.22. The first-order valence-electron chi connectivity index (χ1n) is 8.77. The lowest BCUT2D eigenvalue weighted by atomic mass is 10.1. The van der Waals surface area contributed by atoms with Gasteiger partial charge >= 0.3 is 5.69 Å². The van der Waals surface area contributed by atoms with Crippen LogP contribution in [-0.2, 0) is 6.54 Å². The van der Waals surface area contributed by atoms with Gasteiger partial charge in [-0.1, -0.05) is 29.8 Å². The van der Waals surface area contributed by atoms with Gasteiger partial charge in [0.1, 0.15) is 0 Å². The van der Waals surface area contributed by atoms with Crippen LogP contribution in [0.15, 0.2) is 65.6 Å². The molecule has 1 heterocycles. The number of rotatable bonds is 6. The number of benzene rings is 2. The van der Waals surface area contributed by atoms with Gasteiger partial charge in [0.15, 0.2) is 5.75 Å². The number of amides is 1. The highest BCUT2D eigenvalue weighted by atomic mass is 16.6. The second-order valence-electron chi connectivity index (χ2n) is 6.47. The number of hydrogen-bond acceptors (Lipinski definition) is 5. The second-order valence-corrected chi connectivity index (χ2v) is 6.47. The van der Waals surface area contributed by atoms with Crippen LogP contribution in [0.3, 0.4) is 0 Å². The monoisotopic (exact) mass is 393 g/mol. The molecule has 0 bridgehead atoms. The first-order valence-corrected chi connectivity index (χ1v) is 8.77. The summed E-state index contributed by atoms with van der Waals surface area (Å²) in [6.07, 6.45) is 1.47. The zero-order valence-corrected chi connectivity index (χ0v) is 15.9. The molecule has 0 aliphatic rings. The maximum absolute atomic E-state index is 12.6. The average Bonchev–Trinajstić information content (AvgIpc) is 2.71. The molecule has 1 N–H and O–H groups in total. The predicted molar refractivity (Wildman–Crippen MR) is 109 cm³/mol. The number of ether oxygens (including phenoxy) is 1. The van der Waals surface area contributed by atoms with E-state index in [4.69, 9.17) is 4.74 Å². The summed E-state index contributed by atoms with van der Waals surface area (Å²) in [6.45, 7) is 2.30. The Morgan fingerprint density at radius 2 is 1.86 bits per heavy atom. The fraction of sp³-hybridized carbons (Fsp3) is 0.143. The molecule has 0 radical (unpaired) electrons. The van der Waals surface area contributed by atoms with Crippen molar-refractivity contribution in [3.8, 4) is 5.75 Å². The van der Waals surface area contributed by atoms with E-state index in [9.17, 15) is 19.7 Å². The number of anilines is 1. The van der Waals surface area contributed by atoms with E-state index in [1.54, 1.807) is 0 Å². The molecule has 0 unspecified atom stereocenters. The lowest BCUT2D eigenvalue weighted by molar-refractivity contribution is -0.385. The molecule has 148 valence electrons. The molecule has 0 aliphatic heterocycles. The van der Waals surface area contributed by atoms with E-state index in [-0.39, 0.29) is 28.2 Å². The maximum atomic E-state index is 12.6. The molecule has 0 aliphatic carbocycles. The van der Waals surface area contributed by atoms with Crippen molar-refractivity contribution in [3.63, 3.8) is 0 Å². The molecule has 0 atom stereocenters. The minimum absolute atomic E-state index is 0.0969. The van der Waals surface area contributed by atoms with E-state index in [0.717, 1.165) is 11.1 Å². The molecule has 0 saturated carbocycles. The number of aryl methyl sites for hydroxylation is 1. The standard InChI is InChI=1S/C21H19N3O5/c1-14-3-5-15(6-4-14)12-23-13-16(7-10-20(23)25)21(26)22-17-8-9-19(29-2)18(11-17)24(27)28/h3-11,13H,12H2,1-2H3,(H,22,26). The molecule has 1 aromatic heterocycles. The van der Waals surface area contributed by atoms with Crippen molar-refractivity contribution in [1.82, 2.24) is 4.57 Å². The van der Waals surface area contributed by atoms with Gasteiger partial charge in [-0.05, 0) is 30.7 Å². The molecule has 29 heavy (non-hydrogen) atoms. The summed E-state index contributed by atoms with van der Waals surface area (Å²) in [5, 5.41) is 13.7. The van der Waals surface area contributed by atoms with Crippen molar-refractivity contribution in [3.05, 3.63) is 98.0 Å². The maximum Gasteiger partial charge on any atom is 0.312 e. The first kappa shape index (κ1) is 19.8. The fourth-order valence-electron chi connectivity index (χ4n) is 2.79. The van der Waals surface area contributed by atoms with Crippen LogP contribution >= 0.6 is 0 Å². The Morgan fingerprint density at radius 1 is 1.14 bits per heavy atom. The molecule has 0 saturated heterocycles. The minimum atomic E-state index is -0.587. The Balaban J connectivity index is 1.83. The third-order valence-electron chi connectivity index (χ3n) is 4.35. The number of methoxy groups -OCH3 is 1. The fourth-order valence-corrected chi connectivity index (χ4v) is 2.79. The smallest absolute Gasteiger partial charge is 0.312 e. The van der Waals surface area contributed by atoms with Gasteiger partial charge in [-0.25, -0.2) is 0 Å². The third kappa shape index (κ3) is 4.67. The molecule has 8 nitrogen and oxygen atoms in total. The van der Waals surface area contributed by atoms with E-state index in [2.05, 4.69) is 5.32 Å². The Hall–Kier alpha value is -3.94. The zero-order chi connectivity index (χ0) is 21.0. The number of nitro groups is 1. The molecule has 3 aromatic rings. The van der Waals surface area contributed by atoms with Gasteiger partial charge in [-0.15, -0.1) is 0 Å². The molecule has 8 heteroatoms. The summed E-state index contributed by atoms with van der Waals surface area (Å²) in [6, 6.07) is 14.6. The summed E-state index contributed by atoms with van der Waals surface area (Å²) in [5.74, 6) is -0.387. The number of aromatic nitrogens is 1. The van der Waals surface area contributed by atoms with Crippen molar-refractivity contribution >= 4 is 17.3 Å². The number of nitrogens with zero attached hydrogens (tertiary/aromatic N) is 2. The molecule has 0 fully saturated rings. The molecule has 0 spiro atoms. The van der Waals surface area contributed by atoms with Crippen LogP contribution in [0.1, 0.15) is 21.5 Å². The predicted octanol–water partition coefficient (Wildman–Crippen LogP) is 3.37. The van der Waals surface area contributed by atoms with Crippen molar-refractivity contribution < 1.29 is 14.5 Å².